The molecule has 0 atom stereocenters. The van der Waals surface area contributed by atoms with E-state index < -0.39 is 22.3 Å². The summed E-state index contributed by atoms with van der Waals surface area (Å²) in [6.45, 7) is -0.285. The van der Waals surface area contributed by atoms with E-state index in [0.717, 1.165) is 18.2 Å². The Morgan fingerprint density at radius 2 is 2.25 bits per heavy atom. The second-order valence-electron chi connectivity index (χ2n) is 5.48. The van der Waals surface area contributed by atoms with E-state index in [1.54, 1.807) is 7.05 Å². The van der Waals surface area contributed by atoms with Crippen LogP contribution in [-0.4, -0.2) is 30.4 Å². The lowest BCUT2D eigenvalue weighted by Gasteiger charge is -2.07. The van der Waals surface area contributed by atoms with Crippen LogP contribution in [0.25, 0.3) is 0 Å². The van der Waals surface area contributed by atoms with Crippen molar-refractivity contribution in [2.45, 2.75) is 6.73 Å². The average molecular weight is 385 g/mol. The maximum Gasteiger partial charge on any atom is 0.311 e. The van der Waals surface area contributed by atoms with E-state index in [1.807, 2.05) is 6.07 Å². The smallest absolute Gasteiger partial charge is 0.311 e. The normalized spacial score (nSPS) is 10.3. The number of ether oxygens (including phenoxy) is 1. The molecule has 142 valence electrons. The minimum absolute atomic E-state index is 0.0161. The van der Waals surface area contributed by atoms with Gasteiger partial charge in [-0.1, -0.05) is 0 Å². The van der Waals surface area contributed by atoms with Crippen LogP contribution in [0.2, 0.25) is 0 Å². The number of nitro benzene ring substituents is 1. The van der Waals surface area contributed by atoms with Gasteiger partial charge in [-0.2, -0.15) is 15.5 Å². The highest BCUT2D eigenvalue weighted by Gasteiger charge is 2.18. The lowest BCUT2D eigenvalue weighted by molar-refractivity contribution is -0.386. The van der Waals surface area contributed by atoms with Crippen LogP contribution < -0.4 is 10.1 Å². The molecule has 28 heavy (non-hydrogen) atoms. The number of amides is 1. The molecule has 3 rings (SSSR count). The van der Waals surface area contributed by atoms with Crippen molar-refractivity contribution < 1.29 is 18.8 Å². The first kappa shape index (κ1) is 18.5. The van der Waals surface area contributed by atoms with Crippen molar-refractivity contribution in [1.82, 2.24) is 19.6 Å². The lowest BCUT2D eigenvalue weighted by Crippen LogP contribution is -2.17. The largest absolute Gasteiger partial charge is 0.464 e. The molecular formula is C16H12FN7O4. The predicted octanol–water partition coefficient (Wildman–Crippen LogP) is 1.82. The van der Waals surface area contributed by atoms with E-state index in [2.05, 4.69) is 15.5 Å². The molecule has 0 spiro atoms. The Hall–Kier alpha value is -4.27. The number of anilines is 1. The SMILES string of the molecule is Cn1ncc(C#N)c1NC(=O)c1ccn(COc2cc(F)ccc2[N+](=O)[O-])n1. The second-order valence-corrected chi connectivity index (χ2v) is 5.48. The predicted molar refractivity (Wildman–Crippen MR) is 91.8 cm³/mol. The summed E-state index contributed by atoms with van der Waals surface area (Å²) >= 11 is 0. The summed E-state index contributed by atoms with van der Waals surface area (Å²) < 4.78 is 21.1. The minimum Gasteiger partial charge on any atom is -0.464 e. The highest BCUT2D eigenvalue weighted by atomic mass is 19.1. The Morgan fingerprint density at radius 3 is 2.96 bits per heavy atom. The third-order valence-electron chi connectivity index (χ3n) is 3.64. The van der Waals surface area contributed by atoms with Crippen LogP contribution in [0.5, 0.6) is 5.75 Å². The lowest BCUT2D eigenvalue weighted by atomic mass is 10.3. The Morgan fingerprint density at radius 1 is 1.46 bits per heavy atom. The average Bonchev–Trinajstić information content (AvgIpc) is 3.27. The molecule has 11 nitrogen and oxygen atoms in total. The van der Waals surface area contributed by atoms with E-state index in [9.17, 15) is 19.3 Å². The first-order valence-corrected chi connectivity index (χ1v) is 7.72. The molecule has 0 unspecified atom stereocenters. The Balaban J connectivity index is 1.70. The Bertz CT molecular complexity index is 1100. The van der Waals surface area contributed by atoms with E-state index in [1.165, 1.54) is 27.8 Å². The molecule has 2 aromatic heterocycles. The molecule has 0 radical (unpaired) electrons. The van der Waals surface area contributed by atoms with Gasteiger partial charge in [-0.15, -0.1) is 0 Å². The first-order chi connectivity index (χ1) is 13.4. The highest BCUT2D eigenvalue weighted by Crippen LogP contribution is 2.27. The summed E-state index contributed by atoms with van der Waals surface area (Å²) in [5.74, 6) is -1.32. The molecule has 0 saturated heterocycles. The molecule has 0 aliphatic carbocycles. The van der Waals surface area contributed by atoms with Gasteiger partial charge in [0, 0.05) is 25.4 Å². The van der Waals surface area contributed by atoms with Gasteiger partial charge in [-0.25, -0.2) is 9.07 Å². The number of benzene rings is 1. The molecule has 1 aromatic carbocycles. The third-order valence-corrected chi connectivity index (χ3v) is 3.64. The fourth-order valence-corrected chi connectivity index (χ4v) is 2.28. The zero-order valence-electron chi connectivity index (χ0n) is 14.4. The number of nitriles is 1. The second kappa shape index (κ2) is 7.54. The van der Waals surface area contributed by atoms with Crippen molar-refractivity contribution >= 4 is 17.4 Å². The van der Waals surface area contributed by atoms with Crippen molar-refractivity contribution in [3.05, 3.63) is 63.8 Å². The van der Waals surface area contributed by atoms with Crippen molar-refractivity contribution in [2.24, 2.45) is 7.05 Å². The molecule has 0 aliphatic heterocycles. The van der Waals surface area contributed by atoms with E-state index in [0.29, 0.717) is 0 Å². The molecule has 0 bridgehead atoms. The highest BCUT2D eigenvalue weighted by molar-refractivity contribution is 6.02. The molecule has 0 fully saturated rings. The van der Waals surface area contributed by atoms with Gasteiger partial charge >= 0.3 is 5.69 Å². The number of hydrogen-bond donors (Lipinski definition) is 1. The quantitative estimate of drug-likeness (QED) is 0.504. The van der Waals surface area contributed by atoms with Gasteiger partial charge in [-0.05, 0) is 12.1 Å². The summed E-state index contributed by atoms with van der Waals surface area (Å²) in [7, 11) is 1.56. The maximum atomic E-state index is 13.3. The summed E-state index contributed by atoms with van der Waals surface area (Å²) in [6.07, 6.45) is 2.72. The number of carbonyl (C=O) groups is 1. The number of halogens is 1. The number of aromatic nitrogens is 4. The fourth-order valence-electron chi connectivity index (χ4n) is 2.28. The monoisotopic (exact) mass is 385 g/mol. The van der Waals surface area contributed by atoms with Crippen LogP contribution >= 0.6 is 0 Å². The van der Waals surface area contributed by atoms with Crippen LogP contribution in [0.4, 0.5) is 15.9 Å². The number of aryl methyl sites for hydroxylation is 1. The Kier molecular flexibility index (Phi) is 4.99. The van der Waals surface area contributed by atoms with Gasteiger partial charge in [0.2, 0.25) is 5.75 Å². The summed E-state index contributed by atoms with van der Waals surface area (Å²) in [5.41, 5.74) is -0.189. The number of nitrogens with one attached hydrogen (secondary N) is 1. The molecule has 2 heterocycles. The van der Waals surface area contributed by atoms with Crippen LogP contribution in [-0.2, 0) is 13.8 Å². The number of nitrogens with zero attached hydrogens (tertiary/aromatic N) is 6. The number of rotatable bonds is 6. The fraction of sp³-hybridized carbons (Fsp3) is 0.125. The number of carbonyl (C=O) groups excluding carboxylic acids is 1. The molecular weight excluding hydrogens is 373 g/mol. The van der Waals surface area contributed by atoms with Gasteiger partial charge in [0.1, 0.15) is 23.3 Å². The van der Waals surface area contributed by atoms with Crippen molar-refractivity contribution in [2.75, 3.05) is 5.32 Å². The summed E-state index contributed by atoms with van der Waals surface area (Å²) in [5, 5.41) is 30.4. The zero-order chi connectivity index (χ0) is 20.3. The molecule has 1 amide bonds. The Labute approximate surface area is 156 Å². The zero-order valence-corrected chi connectivity index (χ0v) is 14.4. The molecule has 1 N–H and O–H groups in total. The van der Waals surface area contributed by atoms with Crippen LogP contribution in [0, 0.1) is 27.3 Å². The van der Waals surface area contributed by atoms with Crippen molar-refractivity contribution in [3.8, 4) is 11.8 Å². The summed E-state index contributed by atoms with van der Waals surface area (Å²) in [6, 6.07) is 6.13. The van der Waals surface area contributed by atoms with Crippen molar-refractivity contribution in [3.63, 3.8) is 0 Å². The number of nitro groups is 1. The van der Waals surface area contributed by atoms with Gasteiger partial charge in [0.25, 0.3) is 5.91 Å². The number of hydrogen-bond acceptors (Lipinski definition) is 7. The molecule has 3 aromatic rings. The topological polar surface area (TPSA) is 141 Å². The summed E-state index contributed by atoms with van der Waals surface area (Å²) in [4.78, 5) is 22.6. The van der Waals surface area contributed by atoms with Crippen LogP contribution in [0.3, 0.4) is 0 Å². The van der Waals surface area contributed by atoms with Gasteiger partial charge in [0.15, 0.2) is 12.4 Å². The molecule has 0 saturated carbocycles. The maximum absolute atomic E-state index is 13.3. The first-order valence-electron chi connectivity index (χ1n) is 7.72. The molecule has 12 heteroatoms. The van der Waals surface area contributed by atoms with Gasteiger partial charge < -0.3 is 10.1 Å². The van der Waals surface area contributed by atoms with Gasteiger partial charge in [0.05, 0.1) is 11.1 Å². The minimum atomic E-state index is -0.697. The standard InChI is InChI=1S/C16H12FN7O4/c1-22-15(10(7-18)8-19-22)20-16(25)12-4-5-23(21-12)9-28-14-6-11(17)2-3-13(14)24(26)27/h2-6,8H,9H2,1H3,(H,20,25). The van der Waals surface area contributed by atoms with Crippen LogP contribution in [0.1, 0.15) is 16.1 Å². The van der Waals surface area contributed by atoms with Gasteiger partial charge in [-0.3, -0.25) is 19.6 Å². The van der Waals surface area contributed by atoms with E-state index in [-0.39, 0.29) is 29.6 Å². The van der Waals surface area contributed by atoms with Crippen molar-refractivity contribution in [1.29, 1.82) is 5.26 Å². The third kappa shape index (κ3) is 3.78. The molecule has 0 aliphatic rings. The van der Waals surface area contributed by atoms with Crippen LogP contribution in [0.15, 0.2) is 36.7 Å². The van der Waals surface area contributed by atoms with E-state index >= 15 is 0 Å². The van der Waals surface area contributed by atoms with E-state index in [4.69, 9.17) is 10.00 Å².